The van der Waals surface area contributed by atoms with Crippen molar-refractivity contribution in [3.05, 3.63) is 68.0 Å². The van der Waals surface area contributed by atoms with Crippen LogP contribution in [0.5, 0.6) is 0 Å². The first-order chi connectivity index (χ1) is 13.4. The van der Waals surface area contributed by atoms with Crippen LogP contribution in [0.15, 0.2) is 47.4 Å². The molecular weight excluding hydrogens is 459 g/mol. The topological polar surface area (TPSA) is 49.4 Å². The van der Waals surface area contributed by atoms with E-state index < -0.39 is 0 Å². The van der Waals surface area contributed by atoms with E-state index >= 15 is 0 Å². The zero-order valence-electron chi connectivity index (χ0n) is 14.2. The SMILES string of the molecule is O=C(CCN1C(=O)/C(=C/c2ccccc2Cl)SC1=S)Nc1cccc(Cl)c1Cl. The average molecular weight is 472 g/mol. The molecule has 0 bridgehead atoms. The lowest BCUT2D eigenvalue weighted by molar-refractivity contribution is -0.122. The predicted molar refractivity (Wildman–Crippen MR) is 121 cm³/mol. The van der Waals surface area contributed by atoms with E-state index in [9.17, 15) is 9.59 Å². The second-order valence-corrected chi connectivity index (χ2v) is 8.62. The van der Waals surface area contributed by atoms with Crippen LogP contribution in [0.4, 0.5) is 5.69 Å². The largest absolute Gasteiger partial charge is 0.325 e. The summed E-state index contributed by atoms with van der Waals surface area (Å²) in [5.74, 6) is -0.545. The number of carbonyl (C=O) groups excluding carboxylic acids is 2. The maximum atomic E-state index is 12.6. The van der Waals surface area contributed by atoms with Gasteiger partial charge < -0.3 is 5.32 Å². The van der Waals surface area contributed by atoms with Crippen LogP contribution in [0.1, 0.15) is 12.0 Å². The summed E-state index contributed by atoms with van der Waals surface area (Å²) in [6, 6.07) is 12.2. The van der Waals surface area contributed by atoms with Gasteiger partial charge in [-0.3, -0.25) is 14.5 Å². The quantitative estimate of drug-likeness (QED) is 0.437. The van der Waals surface area contributed by atoms with Gasteiger partial charge in [-0.25, -0.2) is 0 Å². The molecule has 1 fully saturated rings. The highest BCUT2D eigenvalue weighted by Crippen LogP contribution is 2.34. The molecule has 1 heterocycles. The van der Waals surface area contributed by atoms with E-state index in [4.69, 9.17) is 47.0 Å². The minimum atomic E-state index is -0.298. The third kappa shape index (κ3) is 4.88. The zero-order valence-corrected chi connectivity index (χ0v) is 18.1. The number of benzene rings is 2. The van der Waals surface area contributed by atoms with Gasteiger partial charge in [0.05, 0.1) is 20.6 Å². The van der Waals surface area contributed by atoms with Crippen molar-refractivity contribution in [2.45, 2.75) is 6.42 Å². The number of hydrogen-bond acceptors (Lipinski definition) is 4. The Morgan fingerprint density at radius 2 is 1.82 bits per heavy atom. The van der Waals surface area contributed by atoms with Gasteiger partial charge in [-0.2, -0.15) is 0 Å². The van der Waals surface area contributed by atoms with Gasteiger partial charge in [0.2, 0.25) is 5.91 Å². The van der Waals surface area contributed by atoms with Crippen LogP contribution in [0.25, 0.3) is 6.08 Å². The van der Waals surface area contributed by atoms with Crippen molar-refractivity contribution in [1.29, 1.82) is 0 Å². The van der Waals surface area contributed by atoms with Crippen LogP contribution in [0.3, 0.4) is 0 Å². The molecule has 0 spiro atoms. The van der Waals surface area contributed by atoms with Crippen molar-refractivity contribution in [2.75, 3.05) is 11.9 Å². The fourth-order valence-corrected chi connectivity index (χ4v) is 4.29. The van der Waals surface area contributed by atoms with E-state index in [0.717, 1.165) is 5.56 Å². The minimum Gasteiger partial charge on any atom is -0.325 e. The fourth-order valence-electron chi connectivity index (χ4n) is 2.45. The molecule has 0 aliphatic carbocycles. The minimum absolute atomic E-state index is 0.0641. The number of amides is 2. The monoisotopic (exact) mass is 470 g/mol. The molecule has 1 aliphatic rings. The highest BCUT2D eigenvalue weighted by molar-refractivity contribution is 8.26. The van der Waals surface area contributed by atoms with Crippen molar-refractivity contribution in [3.8, 4) is 0 Å². The normalized spacial score (nSPS) is 15.4. The summed E-state index contributed by atoms with van der Waals surface area (Å²) < 4.78 is 0.400. The molecule has 0 atom stereocenters. The van der Waals surface area contributed by atoms with Crippen LogP contribution < -0.4 is 5.32 Å². The van der Waals surface area contributed by atoms with Crippen LogP contribution in [0, 0.1) is 0 Å². The summed E-state index contributed by atoms with van der Waals surface area (Å²) in [6.07, 6.45) is 1.77. The molecule has 0 saturated carbocycles. The first-order valence-electron chi connectivity index (χ1n) is 8.10. The number of halogens is 3. The molecule has 4 nitrogen and oxygen atoms in total. The fraction of sp³-hybridized carbons (Fsp3) is 0.105. The molecular formula is C19H13Cl3N2O2S2. The standard InChI is InChI=1S/C19H13Cl3N2O2S2/c20-12-5-2-1-4-11(12)10-15-18(26)24(19(27)28-15)9-8-16(25)23-14-7-3-6-13(21)17(14)22/h1-7,10H,8-9H2,(H,23,25)/b15-10-. The van der Waals surface area contributed by atoms with Crippen LogP contribution >= 0.6 is 58.8 Å². The summed E-state index contributed by atoms with van der Waals surface area (Å²) in [5.41, 5.74) is 1.15. The third-order valence-electron chi connectivity index (χ3n) is 3.85. The Balaban J connectivity index is 1.64. The lowest BCUT2D eigenvalue weighted by atomic mass is 10.2. The number of rotatable bonds is 5. The molecule has 144 valence electrons. The van der Waals surface area contributed by atoms with Crippen LogP contribution in [-0.4, -0.2) is 27.6 Å². The molecule has 2 aromatic rings. The smallest absolute Gasteiger partial charge is 0.266 e. The summed E-state index contributed by atoms with van der Waals surface area (Å²) in [6.45, 7) is 0.161. The summed E-state index contributed by atoms with van der Waals surface area (Å²) >= 11 is 24.6. The van der Waals surface area contributed by atoms with Gasteiger partial charge in [-0.05, 0) is 29.8 Å². The molecule has 1 aliphatic heterocycles. The molecule has 0 unspecified atom stereocenters. The van der Waals surface area contributed by atoms with E-state index in [2.05, 4.69) is 5.32 Å². The lowest BCUT2D eigenvalue weighted by Crippen LogP contribution is -2.31. The Morgan fingerprint density at radius 1 is 1.11 bits per heavy atom. The molecule has 9 heteroatoms. The number of nitrogens with one attached hydrogen (secondary N) is 1. The molecule has 1 N–H and O–H groups in total. The van der Waals surface area contributed by atoms with Crippen LogP contribution in [0.2, 0.25) is 15.1 Å². The summed E-state index contributed by atoms with van der Waals surface area (Å²) in [4.78, 5) is 26.7. The predicted octanol–water partition coefficient (Wildman–Crippen LogP) is 5.88. The maximum absolute atomic E-state index is 12.6. The van der Waals surface area contributed by atoms with Gasteiger partial charge in [0.25, 0.3) is 5.91 Å². The Labute approximate surface area is 186 Å². The first kappa shape index (κ1) is 21.1. The van der Waals surface area contributed by atoms with Gasteiger partial charge in [0.15, 0.2) is 0 Å². The number of thiocarbonyl (C=S) groups is 1. The first-order valence-corrected chi connectivity index (χ1v) is 10.5. The highest BCUT2D eigenvalue weighted by Gasteiger charge is 2.32. The molecule has 3 rings (SSSR count). The Morgan fingerprint density at radius 3 is 2.57 bits per heavy atom. The van der Waals surface area contributed by atoms with Gasteiger partial charge >= 0.3 is 0 Å². The highest BCUT2D eigenvalue weighted by atomic mass is 35.5. The Kier molecular flexibility index (Phi) is 7.01. The zero-order chi connectivity index (χ0) is 20.3. The van der Waals surface area contributed by atoms with E-state index in [0.29, 0.717) is 25.0 Å². The third-order valence-corrected chi connectivity index (χ3v) is 6.39. The van der Waals surface area contributed by atoms with E-state index in [1.165, 1.54) is 16.7 Å². The van der Waals surface area contributed by atoms with Crippen molar-refractivity contribution < 1.29 is 9.59 Å². The molecule has 2 amide bonds. The number of thioether (sulfide) groups is 1. The Hall–Kier alpha value is -1.57. The van der Waals surface area contributed by atoms with Crippen LogP contribution in [-0.2, 0) is 9.59 Å². The molecule has 28 heavy (non-hydrogen) atoms. The summed E-state index contributed by atoms with van der Waals surface area (Å²) in [7, 11) is 0. The second kappa shape index (κ2) is 9.29. The number of nitrogens with zero attached hydrogens (tertiary/aromatic N) is 1. The molecule has 0 aromatic heterocycles. The molecule has 1 saturated heterocycles. The van der Waals surface area contributed by atoms with E-state index in [1.807, 2.05) is 18.2 Å². The second-order valence-electron chi connectivity index (χ2n) is 5.75. The van der Waals surface area contributed by atoms with Crippen molar-refractivity contribution in [2.24, 2.45) is 0 Å². The number of carbonyl (C=O) groups is 2. The van der Waals surface area contributed by atoms with Gasteiger partial charge in [0.1, 0.15) is 4.32 Å². The number of anilines is 1. The van der Waals surface area contributed by atoms with E-state index in [1.54, 1.807) is 30.3 Å². The average Bonchev–Trinajstić information content (AvgIpc) is 2.92. The maximum Gasteiger partial charge on any atom is 0.266 e. The van der Waals surface area contributed by atoms with Gasteiger partial charge in [-0.15, -0.1) is 0 Å². The van der Waals surface area contributed by atoms with Gasteiger partial charge in [0, 0.05) is 18.0 Å². The Bertz CT molecular complexity index is 995. The molecule has 2 aromatic carbocycles. The lowest BCUT2D eigenvalue weighted by Gasteiger charge is -2.14. The van der Waals surface area contributed by atoms with Crippen molar-refractivity contribution in [3.63, 3.8) is 0 Å². The molecule has 0 radical (unpaired) electrons. The van der Waals surface area contributed by atoms with Gasteiger partial charge in [-0.1, -0.05) is 83.0 Å². The number of hydrogen-bond donors (Lipinski definition) is 1. The summed E-state index contributed by atoms with van der Waals surface area (Å²) in [5, 5.41) is 3.85. The van der Waals surface area contributed by atoms with Crippen molar-refractivity contribution in [1.82, 2.24) is 4.90 Å². The van der Waals surface area contributed by atoms with E-state index in [-0.39, 0.29) is 29.8 Å². The van der Waals surface area contributed by atoms with Crippen molar-refractivity contribution >= 4 is 86.7 Å².